The molecule has 1 aromatic carbocycles. The van der Waals surface area contributed by atoms with Gasteiger partial charge in [-0.2, -0.15) is 0 Å². The number of hydrogen-bond acceptors (Lipinski definition) is 2. The Balaban J connectivity index is 1.83. The number of amides is 1. The standard InChI is InChI=1S/C17H17F2N3O2/c18-12-6-5-9(7-13(12)19)11-8-14(23)20-16-15(11)17(24)21-22(16)10-3-1-2-4-10/h5-7,10-11H,1-4,8H2,(H,20,23)(H,21,24)/t11-/m1/s1. The summed E-state index contributed by atoms with van der Waals surface area (Å²) < 4.78 is 28.5. The molecule has 2 aromatic rings. The number of rotatable bonds is 2. The predicted molar refractivity (Wildman–Crippen MR) is 84.0 cm³/mol. The third-order valence-electron chi connectivity index (χ3n) is 4.99. The largest absolute Gasteiger partial charge is 0.311 e. The van der Waals surface area contributed by atoms with E-state index in [1.165, 1.54) is 6.07 Å². The van der Waals surface area contributed by atoms with Crippen molar-refractivity contribution >= 4 is 11.7 Å². The maximum Gasteiger partial charge on any atom is 0.270 e. The van der Waals surface area contributed by atoms with Crippen molar-refractivity contribution in [3.63, 3.8) is 0 Å². The molecule has 2 N–H and O–H groups in total. The Hall–Kier alpha value is -2.44. The molecule has 1 atom stereocenters. The van der Waals surface area contributed by atoms with E-state index in [0.29, 0.717) is 16.9 Å². The molecule has 1 aliphatic heterocycles. The second kappa shape index (κ2) is 5.58. The van der Waals surface area contributed by atoms with Gasteiger partial charge in [0, 0.05) is 12.3 Å². The number of carbonyl (C=O) groups is 1. The van der Waals surface area contributed by atoms with Crippen molar-refractivity contribution in [1.29, 1.82) is 0 Å². The minimum absolute atomic E-state index is 0.0375. The lowest BCUT2D eigenvalue weighted by molar-refractivity contribution is -0.116. The highest BCUT2D eigenvalue weighted by molar-refractivity contribution is 5.94. The summed E-state index contributed by atoms with van der Waals surface area (Å²) >= 11 is 0. The van der Waals surface area contributed by atoms with Crippen molar-refractivity contribution in [2.24, 2.45) is 0 Å². The van der Waals surface area contributed by atoms with Gasteiger partial charge in [0.2, 0.25) is 5.91 Å². The van der Waals surface area contributed by atoms with Crippen LogP contribution in [0.3, 0.4) is 0 Å². The van der Waals surface area contributed by atoms with Crippen LogP contribution in [0.4, 0.5) is 14.6 Å². The van der Waals surface area contributed by atoms with E-state index in [2.05, 4.69) is 10.4 Å². The number of fused-ring (bicyclic) bond motifs is 1. The van der Waals surface area contributed by atoms with Crippen molar-refractivity contribution in [2.75, 3.05) is 5.32 Å². The number of nitrogens with zero attached hydrogens (tertiary/aromatic N) is 1. The molecule has 4 rings (SSSR count). The van der Waals surface area contributed by atoms with Crippen LogP contribution in [-0.2, 0) is 4.79 Å². The second-order valence-electron chi connectivity index (χ2n) is 6.49. The Kier molecular flexibility index (Phi) is 3.51. The maximum absolute atomic E-state index is 13.6. The van der Waals surface area contributed by atoms with E-state index >= 15 is 0 Å². The smallest absolute Gasteiger partial charge is 0.270 e. The topological polar surface area (TPSA) is 66.9 Å². The van der Waals surface area contributed by atoms with Gasteiger partial charge in [-0.05, 0) is 30.5 Å². The summed E-state index contributed by atoms with van der Waals surface area (Å²) in [4.78, 5) is 24.6. The van der Waals surface area contributed by atoms with Gasteiger partial charge >= 0.3 is 0 Å². The van der Waals surface area contributed by atoms with Gasteiger partial charge in [0.1, 0.15) is 5.82 Å². The first-order valence-electron chi connectivity index (χ1n) is 8.14. The SMILES string of the molecule is O=C1C[C@H](c2ccc(F)c(F)c2)c2c(n(C3CCCC3)[nH]c2=O)N1. The minimum atomic E-state index is -0.980. The first-order valence-corrected chi connectivity index (χ1v) is 8.14. The first-order chi connectivity index (χ1) is 11.5. The third kappa shape index (κ3) is 2.35. The van der Waals surface area contributed by atoms with Crippen LogP contribution in [0, 0.1) is 11.6 Å². The molecule has 0 unspecified atom stereocenters. The van der Waals surface area contributed by atoms with E-state index in [1.54, 1.807) is 4.68 Å². The first kappa shape index (κ1) is 15.1. The van der Waals surface area contributed by atoms with Crippen LogP contribution in [0.1, 0.15) is 55.2 Å². The number of carbonyl (C=O) groups excluding carboxylic acids is 1. The van der Waals surface area contributed by atoms with Crippen LogP contribution in [0.15, 0.2) is 23.0 Å². The highest BCUT2D eigenvalue weighted by Crippen LogP contribution is 2.39. The number of halogens is 2. The van der Waals surface area contributed by atoms with E-state index < -0.39 is 17.6 Å². The normalized spacial score (nSPS) is 20.9. The molecule has 0 bridgehead atoms. The molecule has 1 fully saturated rings. The van der Waals surface area contributed by atoms with E-state index in [0.717, 1.165) is 37.8 Å². The molecular weight excluding hydrogens is 316 g/mol. The number of H-pyrrole nitrogens is 1. The quantitative estimate of drug-likeness (QED) is 0.887. The Morgan fingerprint density at radius 1 is 1.08 bits per heavy atom. The molecule has 0 spiro atoms. The van der Waals surface area contributed by atoms with E-state index in [-0.39, 0.29) is 23.9 Å². The molecular formula is C17H17F2N3O2. The van der Waals surface area contributed by atoms with Crippen LogP contribution < -0.4 is 10.9 Å². The van der Waals surface area contributed by atoms with Crippen LogP contribution >= 0.6 is 0 Å². The van der Waals surface area contributed by atoms with Gasteiger partial charge in [0.25, 0.3) is 5.56 Å². The molecule has 1 aromatic heterocycles. The minimum Gasteiger partial charge on any atom is -0.311 e. The van der Waals surface area contributed by atoms with E-state index in [4.69, 9.17) is 0 Å². The molecule has 1 amide bonds. The highest BCUT2D eigenvalue weighted by atomic mass is 19.2. The van der Waals surface area contributed by atoms with Crippen molar-refractivity contribution in [3.05, 3.63) is 51.3 Å². The molecule has 1 aliphatic carbocycles. The Bertz CT molecular complexity index is 865. The van der Waals surface area contributed by atoms with Crippen LogP contribution in [0.2, 0.25) is 0 Å². The summed E-state index contributed by atoms with van der Waals surface area (Å²) in [6.45, 7) is 0. The van der Waals surface area contributed by atoms with Crippen LogP contribution in [0.25, 0.3) is 0 Å². The third-order valence-corrected chi connectivity index (χ3v) is 4.99. The molecule has 2 heterocycles. The van der Waals surface area contributed by atoms with Crippen LogP contribution in [0.5, 0.6) is 0 Å². The average Bonchev–Trinajstić information content (AvgIpc) is 3.17. The van der Waals surface area contributed by atoms with Gasteiger partial charge in [0.15, 0.2) is 11.6 Å². The number of nitrogens with one attached hydrogen (secondary N) is 2. The highest BCUT2D eigenvalue weighted by Gasteiger charge is 2.34. The summed E-state index contributed by atoms with van der Waals surface area (Å²) in [6, 6.07) is 3.68. The Morgan fingerprint density at radius 2 is 1.83 bits per heavy atom. The number of anilines is 1. The maximum atomic E-state index is 13.6. The van der Waals surface area contributed by atoms with E-state index in [1.807, 2.05) is 0 Å². The Labute approximate surface area is 136 Å². The second-order valence-corrected chi connectivity index (χ2v) is 6.49. The van der Waals surface area contributed by atoms with Gasteiger partial charge in [-0.25, -0.2) is 8.78 Å². The van der Waals surface area contributed by atoms with Gasteiger partial charge in [-0.3, -0.25) is 19.4 Å². The van der Waals surface area contributed by atoms with Crippen LogP contribution in [-0.4, -0.2) is 15.7 Å². The number of hydrogen-bond donors (Lipinski definition) is 2. The monoisotopic (exact) mass is 333 g/mol. The summed E-state index contributed by atoms with van der Waals surface area (Å²) in [6.07, 6.45) is 4.10. The average molecular weight is 333 g/mol. The molecule has 126 valence electrons. The van der Waals surface area contributed by atoms with Crippen molar-refractivity contribution in [1.82, 2.24) is 9.78 Å². The zero-order valence-electron chi connectivity index (χ0n) is 12.9. The molecule has 24 heavy (non-hydrogen) atoms. The van der Waals surface area contributed by atoms with Gasteiger partial charge < -0.3 is 5.32 Å². The molecule has 0 radical (unpaired) electrons. The number of aromatic amines is 1. The molecule has 1 saturated carbocycles. The van der Waals surface area contributed by atoms with E-state index in [9.17, 15) is 18.4 Å². The van der Waals surface area contributed by atoms with Gasteiger partial charge in [-0.1, -0.05) is 18.9 Å². The molecule has 2 aliphatic rings. The molecule has 5 nitrogen and oxygen atoms in total. The lowest BCUT2D eigenvalue weighted by Crippen LogP contribution is -2.27. The van der Waals surface area contributed by atoms with Gasteiger partial charge in [-0.15, -0.1) is 0 Å². The fraction of sp³-hybridized carbons (Fsp3) is 0.412. The lowest BCUT2D eigenvalue weighted by Gasteiger charge is -2.25. The Morgan fingerprint density at radius 3 is 2.54 bits per heavy atom. The summed E-state index contributed by atoms with van der Waals surface area (Å²) in [5.74, 6) is -2.26. The zero-order valence-corrected chi connectivity index (χ0v) is 12.9. The predicted octanol–water partition coefficient (Wildman–Crippen LogP) is 3.04. The number of aromatic nitrogens is 2. The summed E-state index contributed by atoms with van der Waals surface area (Å²) in [5, 5.41) is 5.60. The lowest BCUT2D eigenvalue weighted by atomic mass is 9.87. The van der Waals surface area contributed by atoms with Crippen molar-refractivity contribution in [3.8, 4) is 0 Å². The zero-order chi connectivity index (χ0) is 16.8. The van der Waals surface area contributed by atoms with Gasteiger partial charge in [0.05, 0.1) is 11.6 Å². The van der Waals surface area contributed by atoms with Crippen molar-refractivity contribution in [2.45, 2.75) is 44.1 Å². The fourth-order valence-electron chi connectivity index (χ4n) is 3.83. The van der Waals surface area contributed by atoms with Crippen molar-refractivity contribution < 1.29 is 13.6 Å². The fourth-order valence-corrected chi connectivity index (χ4v) is 3.83. The number of benzene rings is 1. The summed E-state index contributed by atoms with van der Waals surface area (Å²) in [7, 11) is 0. The summed E-state index contributed by atoms with van der Waals surface area (Å²) in [5.41, 5.74) is 0.568. The molecule has 0 saturated heterocycles. The molecule has 7 heteroatoms.